The van der Waals surface area contributed by atoms with E-state index in [4.69, 9.17) is 4.74 Å². The molecule has 0 bridgehead atoms. The van der Waals surface area contributed by atoms with Crippen LogP contribution in [0.4, 0.5) is 4.39 Å². The second-order valence-corrected chi connectivity index (χ2v) is 6.95. The van der Waals surface area contributed by atoms with Gasteiger partial charge in [-0.15, -0.1) is 0 Å². The van der Waals surface area contributed by atoms with Gasteiger partial charge in [-0.2, -0.15) is 0 Å². The lowest BCUT2D eigenvalue weighted by Crippen LogP contribution is -2.47. The minimum Gasteiger partial charge on any atom is -0.494 e. The van der Waals surface area contributed by atoms with E-state index in [0.717, 1.165) is 19.3 Å². The molecular weight excluding hydrogens is 267 g/mol. The molecule has 3 atom stereocenters. The van der Waals surface area contributed by atoms with E-state index in [1.807, 2.05) is 0 Å². The van der Waals surface area contributed by atoms with Gasteiger partial charge in [-0.05, 0) is 42.2 Å². The molecular formula is C18H27FO2. The molecule has 21 heavy (non-hydrogen) atoms. The third kappa shape index (κ3) is 3.39. The highest BCUT2D eigenvalue weighted by atomic mass is 19.1. The molecule has 0 spiro atoms. The Hall–Kier alpha value is -1.09. The number of methoxy groups -OCH3 is 1. The number of hydrogen-bond acceptors (Lipinski definition) is 2. The van der Waals surface area contributed by atoms with Gasteiger partial charge >= 0.3 is 0 Å². The fourth-order valence-electron chi connectivity index (χ4n) is 3.93. The SMILES string of the molecule is COc1cccc(CC2(O)CC(C)CCC2C(C)C)c1F. The summed E-state index contributed by atoms with van der Waals surface area (Å²) in [4.78, 5) is 0. The van der Waals surface area contributed by atoms with Crippen LogP contribution in [-0.2, 0) is 6.42 Å². The van der Waals surface area contributed by atoms with Crippen molar-refractivity contribution in [3.05, 3.63) is 29.6 Å². The van der Waals surface area contributed by atoms with Gasteiger partial charge in [0.2, 0.25) is 0 Å². The molecule has 0 amide bonds. The van der Waals surface area contributed by atoms with Crippen LogP contribution in [0.5, 0.6) is 5.75 Å². The maximum atomic E-state index is 14.4. The van der Waals surface area contributed by atoms with Gasteiger partial charge in [0, 0.05) is 6.42 Å². The lowest BCUT2D eigenvalue weighted by atomic mass is 9.65. The normalized spacial score (nSPS) is 29.7. The Morgan fingerprint density at radius 3 is 2.71 bits per heavy atom. The minimum atomic E-state index is -0.820. The van der Waals surface area contributed by atoms with Crippen LogP contribution in [0.3, 0.4) is 0 Å². The molecule has 0 aromatic heterocycles. The molecule has 1 aliphatic carbocycles. The fraction of sp³-hybridized carbons (Fsp3) is 0.667. The second-order valence-electron chi connectivity index (χ2n) is 6.95. The van der Waals surface area contributed by atoms with Crippen LogP contribution in [0.25, 0.3) is 0 Å². The highest BCUT2D eigenvalue weighted by Crippen LogP contribution is 2.43. The van der Waals surface area contributed by atoms with Gasteiger partial charge in [0.05, 0.1) is 12.7 Å². The van der Waals surface area contributed by atoms with Gasteiger partial charge in [0.1, 0.15) is 0 Å². The number of halogens is 1. The van der Waals surface area contributed by atoms with E-state index in [9.17, 15) is 9.50 Å². The number of hydrogen-bond donors (Lipinski definition) is 1. The van der Waals surface area contributed by atoms with Crippen molar-refractivity contribution >= 4 is 0 Å². The molecule has 1 aromatic carbocycles. The summed E-state index contributed by atoms with van der Waals surface area (Å²) in [5.74, 6) is 1.02. The Morgan fingerprint density at radius 1 is 1.38 bits per heavy atom. The molecule has 1 saturated carbocycles. The van der Waals surface area contributed by atoms with Crippen LogP contribution in [0.15, 0.2) is 18.2 Å². The molecule has 0 radical (unpaired) electrons. The highest BCUT2D eigenvalue weighted by Gasteiger charge is 2.43. The Kier molecular flexibility index (Phi) is 4.92. The van der Waals surface area contributed by atoms with E-state index in [1.54, 1.807) is 18.2 Å². The van der Waals surface area contributed by atoms with Crippen molar-refractivity contribution < 1.29 is 14.2 Å². The largest absolute Gasteiger partial charge is 0.494 e. The summed E-state index contributed by atoms with van der Waals surface area (Å²) in [5, 5.41) is 11.2. The lowest BCUT2D eigenvalue weighted by Gasteiger charge is -2.45. The van der Waals surface area contributed by atoms with E-state index in [1.165, 1.54) is 7.11 Å². The zero-order valence-electron chi connectivity index (χ0n) is 13.5. The Balaban J connectivity index is 2.30. The average molecular weight is 294 g/mol. The molecule has 0 aliphatic heterocycles. The van der Waals surface area contributed by atoms with Crippen molar-refractivity contribution in [3.8, 4) is 5.75 Å². The summed E-state index contributed by atoms with van der Waals surface area (Å²) < 4.78 is 19.4. The van der Waals surface area contributed by atoms with Crippen molar-refractivity contribution in [1.82, 2.24) is 0 Å². The van der Waals surface area contributed by atoms with Gasteiger partial charge in [0.15, 0.2) is 11.6 Å². The van der Waals surface area contributed by atoms with Crippen LogP contribution in [-0.4, -0.2) is 17.8 Å². The predicted octanol–water partition coefficient (Wildman–Crippen LogP) is 4.20. The lowest BCUT2D eigenvalue weighted by molar-refractivity contribution is -0.0799. The standard InChI is InChI=1S/C18H27FO2/c1-12(2)15-9-8-13(3)10-18(15,20)11-14-6-5-7-16(21-4)17(14)19/h5-7,12-13,15,20H,8-11H2,1-4H3. The van der Waals surface area contributed by atoms with Crippen LogP contribution in [0, 0.1) is 23.6 Å². The van der Waals surface area contributed by atoms with Gasteiger partial charge in [0.25, 0.3) is 0 Å². The fourth-order valence-corrected chi connectivity index (χ4v) is 3.93. The van der Waals surface area contributed by atoms with Crippen LogP contribution < -0.4 is 4.74 Å². The summed E-state index contributed by atoms with van der Waals surface area (Å²) in [6, 6.07) is 5.16. The van der Waals surface area contributed by atoms with Gasteiger partial charge in [-0.25, -0.2) is 4.39 Å². The monoisotopic (exact) mass is 294 g/mol. The van der Waals surface area contributed by atoms with E-state index < -0.39 is 5.60 Å². The summed E-state index contributed by atoms with van der Waals surface area (Å²) in [6.45, 7) is 6.46. The number of aliphatic hydroxyl groups is 1. The average Bonchev–Trinajstić information content (AvgIpc) is 2.40. The zero-order chi connectivity index (χ0) is 15.6. The molecule has 1 fully saturated rings. The van der Waals surface area contributed by atoms with Gasteiger partial charge < -0.3 is 9.84 Å². The van der Waals surface area contributed by atoms with Gasteiger partial charge in [-0.3, -0.25) is 0 Å². The van der Waals surface area contributed by atoms with E-state index in [0.29, 0.717) is 23.8 Å². The van der Waals surface area contributed by atoms with Crippen LogP contribution in [0.1, 0.15) is 45.6 Å². The third-order valence-corrected chi connectivity index (χ3v) is 4.93. The summed E-state index contributed by atoms with van der Waals surface area (Å²) in [5.41, 5.74) is -0.268. The predicted molar refractivity (Wildman–Crippen MR) is 82.9 cm³/mol. The minimum absolute atomic E-state index is 0.222. The van der Waals surface area contributed by atoms with Crippen molar-refractivity contribution in [2.24, 2.45) is 17.8 Å². The molecule has 3 unspecified atom stereocenters. The topological polar surface area (TPSA) is 29.5 Å². The van der Waals surface area contributed by atoms with Crippen molar-refractivity contribution in [3.63, 3.8) is 0 Å². The van der Waals surface area contributed by atoms with Crippen LogP contribution in [0.2, 0.25) is 0 Å². The summed E-state index contributed by atoms with van der Waals surface area (Å²) in [6.07, 6.45) is 3.27. The van der Waals surface area contributed by atoms with Gasteiger partial charge in [-0.1, -0.05) is 39.3 Å². The molecule has 0 heterocycles. The van der Waals surface area contributed by atoms with Crippen LogP contribution >= 0.6 is 0 Å². The number of rotatable bonds is 4. The molecule has 118 valence electrons. The number of ether oxygens (including phenoxy) is 1. The first kappa shape index (κ1) is 16.3. The number of benzene rings is 1. The second kappa shape index (κ2) is 6.35. The molecule has 0 saturated heterocycles. The molecule has 1 aliphatic rings. The maximum absolute atomic E-state index is 14.4. The Bertz CT molecular complexity index is 486. The maximum Gasteiger partial charge on any atom is 0.168 e. The molecule has 1 N–H and O–H groups in total. The third-order valence-electron chi connectivity index (χ3n) is 4.93. The smallest absolute Gasteiger partial charge is 0.168 e. The Morgan fingerprint density at radius 2 is 2.10 bits per heavy atom. The summed E-state index contributed by atoms with van der Waals surface area (Å²) >= 11 is 0. The Labute approximate surface area is 127 Å². The highest BCUT2D eigenvalue weighted by molar-refractivity contribution is 5.32. The molecule has 3 heteroatoms. The van der Waals surface area contributed by atoms with E-state index in [2.05, 4.69) is 20.8 Å². The first-order valence-corrected chi connectivity index (χ1v) is 7.91. The molecule has 2 rings (SSSR count). The first-order chi connectivity index (χ1) is 9.87. The summed E-state index contributed by atoms with van der Waals surface area (Å²) in [7, 11) is 1.47. The van der Waals surface area contributed by atoms with Crippen molar-refractivity contribution in [2.75, 3.05) is 7.11 Å². The van der Waals surface area contributed by atoms with Crippen molar-refractivity contribution in [1.29, 1.82) is 0 Å². The quantitative estimate of drug-likeness (QED) is 0.902. The van der Waals surface area contributed by atoms with E-state index in [-0.39, 0.29) is 17.5 Å². The van der Waals surface area contributed by atoms with Crippen molar-refractivity contribution in [2.45, 2.75) is 52.1 Å². The molecule has 1 aromatic rings. The van der Waals surface area contributed by atoms with E-state index >= 15 is 0 Å². The molecule has 2 nitrogen and oxygen atoms in total. The zero-order valence-corrected chi connectivity index (χ0v) is 13.5. The first-order valence-electron chi connectivity index (χ1n) is 7.91.